The van der Waals surface area contributed by atoms with Crippen LogP contribution in [0.4, 0.5) is 0 Å². The minimum Gasteiger partial charge on any atom is -0.335 e. The summed E-state index contributed by atoms with van der Waals surface area (Å²) in [5.41, 5.74) is 2.03. The van der Waals surface area contributed by atoms with Crippen LogP contribution in [0, 0.1) is 0 Å². The molecule has 0 radical (unpaired) electrons. The van der Waals surface area contributed by atoms with Crippen LogP contribution >= 0.6 is 0 Å². The first-order chi connectivity index (χ1) is 11.1. The zero-order chi connectivity index (χ0) is 16.2. The predicted molar refractivity (Wildman–Crippen MR) is 85.6 cm³/mol. The predicted octanol–water partition coefficient (Wildman–Crippen LogP) is 1.97. The summed E-state index contributed by atoms with van der Waals surface area (Å²) >= 11 is 0. The summed E-state index contributed by atoms with van der Waals surface area (Å²) in [5, 5.41) is 8.40. The van der Waals surface area contributed by atoms with Gasteiger partial charge in [0.2, 0.25) is 5.82 Å². The minimum atomic E-state index is -0.119. The van der Waals surface area contributed by atoms with E-state index in [-0.39, 0.29) is 17.8 Å². The van der Waals surface area contributed by atoms with Crippen molar-refractivity contribution in [2.45, 2.75) is 32.7 Å². The van der Waals surface area contributed by atoms with E-state index in [0.29, 0.717) is 13.1 Å². The molecule has 7 nitrogen and oxygen atoms in total. The summed E-state index contributed by atoms with van der Waals surface area (Å²) in [7, 11) is 0. The molecule has 0 saturated carbocycles. The summed E-state index contributed by atoms with van der Waals surface area (Å²) in [5.74, 6) is 0.132. The van der Waals surface area contributed by atoms with Gasteiger partial charge in [0, 0.05) is 31.5 Å². The van der Waals surface area contributed by atoms with Gasteiger partial charge in [0.25, 0.3) is 5.91 Å². The molecule has 1 aliphatic heterocycles. The van der Waals surface area contributed by atoms with Gasteiger partial charge in [-0.1, -0.05) is 11.3 Å². The molecule has 2 aromatic heterocycles. The van der Waals surface area contributed by atoms with Crippen molar-refractivity contribution < 1.29 is 4.79 Å². The molecule has 0 aromatic carbocycles. The second kappa shape index (κ2) is 6.68. The first kappa shape index (κ1) is 15.3. The molecule has 2 aromatic rings. The van der Waals surface area contributed by atoms with Gasteiger partial charge in [0.1, 0.15) is 5.69 Å². The second-order valence-electron chi connectivity index (χ2n) is 5.81. The summed E-state index contributed by atoms with van der Waals surface area (Å²) < 4.78 is 1.85. The fourth-order valence-electron chi connectivity index (χ4n) is 2.53. The number of amides is 1. The SMILES string of the molecule is CC(C)n1cc(C2=CCCN(C(=O)c3ncccn3)CC2)nn1. The zero-order valence-corrected chi connectivity index (χ0v) is 13.4. The summed E-state index contributed by atoms with van der Waals surface area (Å²) in [6.07, 6.45) is 8.85. The molecule has 23 heavy (non-hydrogen) atoms. The molecule has 0 unspecified atom stereocenters. The van der Waals surface area contributed by atoms with Gasteiger partial charge in [-0.15, -0.1) is 5.10 Å². The molecule has 0 bridgehead atoms. The first-order valence-electron chi connectivity index (χ1n) is 7.82. The summed E-state index contributed by atoms with van der Waals surface area (Å²) in [6.45, 7) is 5.44. The van der Waals surface area contributed by atoms with E-state index in [9.17, 15) is 4.79 Å². The van der Waals surface area contributed by atoms with Crippen LogP contribution in [0.5, 0.6) is 0 Å². The van der Waals surface area contributed by atoms with Crippen molar-refractivity contribution in [1.29, 1.82) is 0 Å². The molecule has 120 valence electrons. The minimum absolute atomic E-state index is 0.119. The van der Waals surface area contributed by atoms with Crippen molar-refractivity contribution in [3.8, 4) is 0 Å². The van der Waals surface area contributed by atoms with E-state index in [1.54, 1.807) is 23.4 Å². The molecule has 7 heteroatoms. The number of carbonyl (C=O) groups excluding carboxylic acids is 1. The number of carbonyl (C=O) groups is 1. The van der Waals surface area contributed by atoms with Crippen LogP contribution in [-0.4, -0.2) is 48.9 Å². The largest absolute Gasteiger partial charge is 0.335 e. The standard InChI is InChI=1S/C16H20N6O/c1-12(2)22-11-14(19-20-22)13-5-3-9-21(10-6-13)16(23)15-17-7-4-8-18-15/h4-5,7-8,11-12H,3,6,9-10H2,1-2H3. The topological polar surface area (TPSA) is 76.8 Å². The summed E-state index contributed by atoms with van der Waals surface area (Å²) in [4.78, 5) is 22.3. The fourth-order valence-corrected chi connectivity index (χ4v) is 2.53. The lowest BCUT2D eigenvalue weighted by Crippen LogP contribution is -2.33. The third-order valence-corrected chi connectivity index (χ3v) is 3.85. The number of hydrogen-bond donors (Lipinski definition) is 0. The quantitative estimate of drug-likeness (QED) is 0.866. The van der Waals surface area contributed by atoms with E-state index in [1.165, 1.54) is 0 Å². The van der Waals surface area contributed by atoms with Gasteiger partial charge in [-0.25, -0.2) is 14.6 Å². The van der Waals surface area contributed by atoms with Crippen molar-refractivity contribution in [1.82, 2.24) is 29.9 Å². The van der Waals surface area contributed by atoms with Crippen LogP contribution in [0.2, 0.25) is 0 Å². The highest BCUT2D eigenvalue weighted by atomic mass is 16.2. The van der Waals surface area contributed by atoms with Gasteiger partial charge >= 0.3 is 0 Å². The first-order valence-corrected chi connectivity index (χ1v) is 7.82. The Labute approximate surface area is 135 Å². The van der Waals surface area contributed by atoms with Crippen LogP contribution in [-0.2, 0) is 0 Å². The third kappa shape index (κ3) is 3.44. The second-order valence-corrected chi connectivity index (χ2v) is 5.81. The van der Waals surface area contributed by atoms with Crippen LogP contribution in [0.3, 0.4) is 0 Å². The Morgan fingerprint density at radius 1 is 1.22 bits per heavy atom. The average molecular weight is 312 g/mol. The van der Waals surface area contributed by atoms with Crippen molar-refractivity contribution >= 4 is 11.5 Å². The fraction of sp³-hybridized carbons (Fsp3) is 0.438. The lowest BCUT2D eigenvalue weighted by Gasteiger charge is -2.19. The van der Waals surface area contributed by atoms with Gasteiger partial charge in [-0.3, -0.25) is 4.79 Å². The zero-order valence-electron chi connectivity index (χ0n) is 13.4. The van der Waals surface area contributed by atoms with Gasteiger partial charge in [0.05, 0.1) is 6.20 Å². The van der Waals surface area contributed by atoms with Crippen LogP contribution in [0.25, 0.3) is 5.57 Å². The Bertz CT molecular complexity index is 706. The van der Waals surface area contributed by atoms with E-state index in [1.807, 2.05) is 10.9 Å². The highest BCUT2D eigenvalue weighted by Gasteiger charge is 2.21. The smallest absolute Gasteiger partial charge is 0.291 e. The van der Waals surface area contributed by atoms with Crippen LogP contribution in [0.15, 0.2) is 30.7 Å². The Kier molecular flexibility index (Phi) is 4.45. The van der Waals surface area contributed by atoms with Crippen molar-refractivity contribution in [2.24, 2.45) is 0 Å². The molecule has 0 atom stereocenters. The van der Waals surface area contributed by atoms with E-state index < -0.39 is 0 Å². The third-order valence-electron chi connectivity index (χ3n) is 3.85. The van der Waals surface area contributed by atoms with Gasteiger partial charge < -0.3 is 4.90 Å². The Hall–Kier alpha value is -2.57. The highest BCUT2D eigenvalue weighted by molar-refractivity contribution is 5.90. The molecular weight excluding hydrogens is 292 g/mol. The normalized spacial score (nSPS) is 15.4. The summed E-state index contributed by atoms with van der Waals surface area (Å²) in [6, 6.07) is 1.99. The van der Waals surface area contributed by atoms with Crippen molar-refractivity contribution in [2.75, 3.05) is 13.1 Å². The molecule has 0 fully saturated rings. The van der Waals surface area contributed by atoms with Crippen LogP contribution in [0.1, 0.15) is 49.0 Å². The molecule has 3 heterocycles. The van der Waals surface area contributed by atoms with E-state index >= 15 is 0 Å². The van der Waals surface area contributed by atoms with Crippen LogP contribution < -0.4 is 0 Å². The van der Waals surface area contributed by atoms with Gasteiger partial charge in [-0.2, -0.15) is 0 Å². The molecule has 0 saturated heterocycles. The number of aromatic nitrogens is 5. The number of hydrogen-bond acceptors (Lipinski definition) is 5. The van der Waals surface area contributed by atoms with Gasteiger partial charge in [-0.05, 0) is 38.3 Å². The number of nitrogens with zero attached hydrogens (tertiary/aromatic N) is 6. The lowest BCUT2D eigenvalue weighted by atomic mass is 10.1. The molecule has 0 aliphatic carbocycles. The highest BCUT2D eigenvalue weighted by Crippen LogP contribution is 2.21. The van der Waals surface area contributed by atoms with E-state index in [2.05, 4.69) is 40.2 Å². The maximum absolute atomic E-state index is 12.4. The van der Waals surface area contributed by atoms with Gasteiger partial charge in [0.15, 0.2) is 0 Å². The monoisotopic (exact) mass is 312 g/mol. The van der Waals surface area contributed by atoms with Crippen molar-refractivity contribution in [3.63, 3.8) is 0 Å². The maximum Gasteiger partial charge on any atom is 0.291 e. The molecule has 3 rings (SSSR count). The average Bonchev–Trinajstić information content (AvgIpc) is 2.94. The van der Waals surface area contributed by atoms with E-state index in [0.717, 1.165) is 24.1 Å². The Balaban J connectivity index is 1.68. The molecular formula is C16H20N6O. The molecule has 1 amide bonds. The number of rotatable bonds is 3. The molecule has 0 spiro atoms. The van der Waals surface area contributed by atoms with E-state index in [4.69, 9.17) is 0 Å². The molecule has 0 N–H and O–H groups in total. The maximum atomic E-state index is 12.4. The Morgan fingerprint density at radius 3 is 2.70 bits per heavy atom. The lowest BCUT2D eigenvalue weighted by molar-refractivity contribution is 0.0752. The molecule has 1 aliphatic rings. The van der Waals surface area contributed by atoms with Crippen molar-refractivity contribution in [3.05, 3.63) is 42.3 Å². The Morgan fingerprint density at radius 2 is 2.00 bits per heavy atom.